The van der Waals surface area contributed by atoms with Gasteiger partial charge in [0.15, 0.2) is 0 Å². The van der Waals surface area contributed by atoms with Gasteiger partial charge in [-0.25, -0.2) is 14.2 Å². The van der Waals surface area contributed by atoms with E-state index in [9.17, 15) is 14.3 Å². The molecule has 0 unspecified atom stereocenters. The molecule has 0 aliphatic carbocycles. The maximum atomic E-state index is 13.5. The molecule has 1 aliphatic rings. The molecular formula is C18H14FN3O3. The molecule has 7 heteroatoms. The van der Waals surface area contributed by atoms with Crippen LogP contribution in [0, 0.1) is 5.82 Å². The number of carbonyl (C=O) groups is 1. The maximum Gasteiger partial charge on any atom is 0.339 e. The standard InChI is InChI=1S/C18H14FN3O3/c19-12-4-1-3-11(9-12)16-14-10-22(8-6-15(14)25-21-16)17-13(18(23)24)5-2-7-20-17/h1-5,7,9H,6,8,10H2,(H,23,24). The topological polar surface area (TPSA) is 79.5 Å². The fourth-order valence-corrected chi connectivity index (χ4v) is 3.07. The highest BCUT2D eigenvalue weighted by molar-refractivity contribution is 5.93. The molecule has 0 bridgehead atoms. The number of nitrogens with zero attached hydrogens (tertiary/aromatic N) is 3. The molecule has 25 heavy (non-hydrogen) atoms. The van der Waals surface area contributed by atoms with Crippen molar-refractivity contribution >= 4 is 11.8 Å². The second-order valence-corrected chi connectivity index (χ2v) is 5.79. The molecule has 126 valence electrons. The summed E-state index contributed by atoms with van der Waals surface area (Å²) < 4.78 is 18.9. The van der Waals surface area contributed by atoms with E-state index in [2.05, 4.69) is 10.1 Å². The van der Waals surface area contributed by atoms with Crippen LogP contribution in [0.2, 0.25) is 0 Å². The number of aromatic carboxylic acids is 1. The van der Waals surface area contributed by atoms with Crippen molar-refractivity contribution in [3.8, 4) is 11.3 Å². The Balaban J connectivity index is 1.73. The van der Waals surface area contributed by atoms with E-state index in [0.29, 0.717) is 36.6 Å². The highest BCUT2D eigenvalue weighted by Crippen LogP contribution is 2.32. The van der Waals surface area contributed by atoms with Gasteiger partial charge in [-0.1, -0.05) is 17.3 Å². The molecule has 0 fully saturated rings. The number of halogens is 1. The van der Waals surface area contributed by atoms with Crippen molar-refractivity contribution in [2.75, 3.05) is 11.4 Å². The molecule has 0 saturated carbocycles. The summed E-state index contributed by atoms with van der Waals surface area (Å²) in [6.07, 6.45) is 2.14. The second-order valence-electron chi connectivity index (χ2n) is 5.79. The minimum Gasteiger partial charge on any atom is -0.478 e. The summed E-state index contributed by atoms with van der Waals surface area (Å²) in [5.41, 5.74) is 2.19. The van der Waals surface area contributed by atoms with Crippen molar-refractivity contribution in [2.45, 2.75) is 13.0 Å². The SMILES string of the molecule is O=C(O)c1cccnc1N1CCc2onc(-c3cccc(F)c3)c2C1. The molecule has 3 heterocycles. The van der Waals surface area contributed by atoms with Gasteiger partial charge in [-0.2, -0.15) is 0 Å². The van der Waals surface area contributed by atoms with Gasteiger partial charge in [-0.3, -0.25) is 0 Å². The largest absolute Gasteiger partial charge is 0.478 e. The summed E-state index contributed by atoms with van der Waals surface area (Å²) in [7, 11) is 0. The third kappa shape index (κ3) is 2.73. The number of hydrogen-bond donors (Lipinski definition) is 1. The van der Waals surface area contributed by atoms with Crippen LogP contribution in [0.25, 0.3) is 11.3 Å². The smallest absolute Gasteiger partial charge is 0.339 e. The number of carboxylic acid groups (broad SMARTS) is 1. The van der Waals surface area contributed by atoms with E-state index >= 15 is 0 Å². The highest BCUT2D eigenvalue weighted by atomic mass is 19.1. The molecule has 1 aromatic carbocycles. The molecule has 1 N–H and O–H groups in total. The zero-order chi connectivity index (χ0) is 17.4. The summed E-state index contributed by atoms with van der Waals surface area (Å²) in [5, 5.41) is 13.5. The van der Waals surface area contributed by atoms with Crippen LogP contribution in [-0.4, -0.2) is 27.8 Å². The lowest BCUT2D eigenvalue weighted by Crippen LogP contribution is -2.32. The predicted octanol–water partition coefficient (Wildman–Crippen LogP) is 3.14. The summed E-state index contributed by atoms with van der Waals surface area (Å²) in [4.78, 5) is 17.6. The Labute approximate surface area is 142 Å². The van der Waals surface area contributed by atoms with Gasteiger partial charge in [0.05, 0.1) is 6.54 Å². The van der Waals surface area contributed by atoms with E-state index in [-0.39, 0.29) is 11.4 Å². The average Bonchev–Trinajstić information content (AvgIpc) is 3.05. The molecular weight excluding hydrogens is 325 g/mol. The van der Waals surface area contributed by atoms with Crippen molar-refractivity contribution in [1.29, 1.82) is 0 Å². The van der Waals surface area contributed by atoms with Crippen molar-refractivity contribution in [3.05, 3.63) is 65.3 Å². The van der Waals surface area contributed by atoms with E-state index in [1.165, 1.54) is 18.2 Å². The number of anilines is 1. The van der Waals surface area contributed by atoms with E-state index in [4.69, 9.17) is 4.52 Å². The van der Waals surface area contributed by atoms with Crippen LogP contribution in [-0.2, 0) is 13.0 Å². The third-order valence-electron chi connectivity index (χ3n) is 4.24. The lowest BCUT2D eigenvalue weighted by Gasteiger charge is -2.28. The fraction of sp³-hybridized carbons (Fsp3) is 0.167. The summed E-state index contributed by atoms with van der Waals surface area (Å²) >= 11 is 0. The Morgan fingerprint density at radius 3 is 2.96 bits per heavy atom. The molecule has 0 amide bonds. The van der Waals surface area contributed by atoms with Crippen LogP contribution in [0.4, 0.5) is 10.2 Å². The fourth-order valence-electron chi connectivity index (χ4n) is 3.07. The Morgan fingerprint density at radius 1 is 1.28 bits per heavy atom. The monoisotopic (exact) mass is 339 g/mol. The minimum atomic E-state index is -1.02. The van der Waals surface area contributed by atoms with E-state index in [0.717, 1.165) is 11.3 Å². The summed E-state index contributed by atoms with van der Waals surface area (Å²) in [6, 6.07) is 9.29. The van der Waals surface area contributed by atoms with Gasteiger partial charge in [0.2, 0.25) is 0 Å². The Hall–Kier alpha value is -3.22. The first-order valence-corrected chi connectivity index (χ1v) is 7.80. The molecule has 2 aromatic heterocycles. The number of fused-ring (bicyclic) bond motifs is 1. The minimum absolute atomic E-state index is 0.148. The molecule has 3 aromatic rings. The zero-order valence-corrected chi connectivity index (χ0v) is 13.1. The highest BCUT2D eigenvalue weighted by Gasteiger charge is 2.27. The first-order chi connectivity index (χ1) is 12.1. The maximum absolute atomic E-state index is 13.5. The van der Waals surface area contributed by atoms with E-state index in [1.54, 1.807) is 24.4 Å². The van der Waals surface area contributed by atoms with Gasteiger partial charge in [-0.05, 0) is 24.3 Å². The lowest BCUT2D eigenvalue weighted by atomic mass is 10.0. The number of benzene rings is 1. The van der Waals surface area contributed by atoms with Crippen LogP contribution >= 0.6 is 0 Å². The van der Waals surface area contributed by atoms with Gasteiger partial charge in [-0.15, -0.1) is 0 Å². The summed E-state index contributed by atoms with van der Waals surface area (Å²) in [5.74, 6) is -0.222. The number of hydrogen-bond acceptors (Lipinski definition) is 5. The quantitative estimate of drug-likeness (QED) is 0.790. The molecule has 6 nitrogen and oxygen atoms in total. The van der Waals surface area contributed by atoms with Crippen LogP contribution < -0.4 is 4.90 Å². The third-order valence-corrected chi connectivity index (χ3v) is 4.24. The number of pyridine rings is 1. The van der Waals surface area contributed by atoms with E-state index < -0.39 is 5.97 Å². The zero-order valence-electron chi connectivity index (χ0n) is 13.1. The van der Waals surface area contributed by atoms with Crippen molar-refractivity contribution in [2.24, 2.45) is 0 Å². The average molecular weight is 339 g/mol. The molecule has 0 saturated heterocycles. The number of aromatic nitrogens is 2. The predicted molar refractivity (Wildman–Crippen MR) is 87.8 cm³/mol. The van der Waals surface area contributed by atoms with Crippen LogP contribution in [0.15, 0.2) is 47.1 Å². The molecule has 0 spiro atoms. The van der Waals surface area contributed by atoms with E-state index in [1.807, 2.05) is 4.90 Å². The van der Waals surface area contributed by atoms with Crippen LogP contribution in [0.1, 0.15) is 21.7 Å². The normalized spacial score (nSPS) is 13.6. The van der Waals surface area contributed by atoms with Gasteiger partial charge in [0, 0.05) is 30.3 Å². The van der Waals surface area contributed by atoms with Gasteiger partial charge in [0.25, 0.3) is 0 Å². The summed E-state index contributed by atoms with van der Waals surface area (Å²) in [6.45, 7) is 0.976. The Bertz CT molecular complexity index is 954. The number of carboxylic acids is 1. The molecule has 0 radical (unpaired) electrons. The van der Waals surface area contributed by atoms with Gasteiger partial charge >= 0.3 is 5.97 Å². The lowest BCUT2D eigenvalue weighted by molar-refractivity contribution is 0.0697. The Kier molecular flexibility index (Phi) is 3.68. The molecule has 1 aliphatic heterocycles. The van der Waals surface area contributed by atoms with Crippen molar-refractivity contribution < 1.29 is 18.8 Å². The molecule has 4 rings (SSSR count). The molecule has 0 atom stereocenters. The second kappa shape index (κ2) is 6.01. The Morgan fingerprint density at radius 2 is 2.16 bits per heavy atom. The number of rotatable bonds is 3. The van der Waals surface area contributed by atoms with Gasteiger partial charge < -0.3 is 14.5 Å². The first kappa shape index (κ1) is 15.3. The van der Waals surface area contributed by atoms with Crippen LogP contribution in [0.3, 0.4) is 0 Å². The first-order valence-electron chi connectivity index (χ1n) is 7.80. The van der Waals surface area contributed by atoms with Crippen LogP contribution in [0.5, 0.6) is 0 Å². The van der Waals surface area contributed by atoms with Crippen molar-refractivity contribution in [3.63, 3.8) is 0 Å². The van der Waals surface area contributed by atoms with Crippen molar-refractivity contribution in [1.82, 2.24) is 10.1 Å². The van der Waals surface area contributed by atoms with Gasteiger partial charge in [0.1, 0.15) is 28.7 Å².